The van der Waals surface area contributed by atoms with Gasteiger partial charge in [0.1, 0.15) is 11.2 Å². The Kier molecular flexibility index (Phi) is 4.55. The first-order valence-corrected chi connectivity index (χ1v) is 7.82. The molecule has 0 spiro atoms. The number of hydrogen-bond acceptors (Lipinski definition) is 3. The number of hydrogen-bond donors (Lipinski definition) is 2. The molecule has 0 saturated heterocycles. The Balaban J connectivity index is 1.56. The summed E-state index contributed by atoms with van der Waals surface area (Å²) in [6, 6.07) is 11.7. The maximum atomic E-state index is 13.6. The monoisotopic (exact) mass is 327 g/mol. The van der Waals surface area contributed by atoms with Crippen molar-refractivity contribution in [1.29, 1.82) is 0 Å². The maximum absolute atomic E-state index is 13.6. The van der Waals surface area contributed by atoms with E-state index in [1.165, 1.54) is 6.07 Å². The molecule has 1 fully saturated rings. The van der Waals surface area contributed by atoms with Gasteiger partial charge in [-0.1, -0.05) is 24.3 Å². The van der Waals surface area contributed by atoms with Crippen LogP contribution in [0.2, 0.25) is 0 Å². The third-order valence-corrected chi connectivity index (χ3v) is 4.17. The second kappa shape index (κ2) is 6.78. The zero-order chi connectivity index (χ0) is 17.0. The summed E-state index contributed by atoms with van der Waals surface area (Å²) in [5.41, 5.74) is 0.101. The van der Waals surface area contributed by atoms with Crippen LogP contribution >= 0.6 is 0 Å². The van der Waals surface area contributed by atoms with E-state index < -0.39 is 5.41 Å². The first kappa shape index (κ1) is 16.1. The number of halogens is 1. The van der Waals surface area contributed by atoms with Crippen molar-refractivity contribution in [3.05, 3.63) is 65.7 Å². The van der Waals surface area contributed by atoms with Gasteiger partial charge in [-0.25, -0.2) is 4.39 Å². The van der Waals surface area contributed by atoms with E-state index in [2.05, 4.69) is 15.6 Å². The zero-order valence-electron chi connectivity index (χ0n) is 13.1. The van der Waals surface area contributed by atoms with Gasteiger partial charge in [0, 0.05) is 18.3 Å². The molecule has 0 radical (unpaired) electrons. The van der Waals surface area contributed by atoms with Gasteiger partial charge in [-0.2, -0.15) is 0 Å². The van der Waals surface area contributed by atoms with E-state index in [1.807, 2.05) is 6.07 Å². The molecule has 0 bridgehead atoms. The van der Waals surface area contributed by atoms with Crippen LogP contribution in [-0.2, 0) is 22.7 Å². The summed E-state index contributed by atoms with van der Waals surface area (Å²) >= 11 is 0. The first-order valence-electron chi connectivity index (χ1n) is 7.82. The maximum Gasteiger partial charge on any atom is 0.236 e. The fraction of sp³-hybridized carbons (Fsp3) is 0.278. The molecule has 1 aromatic heterocycles. The molecular weight excluding hydrogens is 309 g/mol. The molecule has 3 rings (SSSR count). The Hall–Kier alpha value is -2.76. The quantitative estimate of drug-likeness (QED) is 0.797. The number of carbonyl (C=O) groups excluding carboxylic acids is 2. The van der Waals surface area contributed by atoms with E-state index in [9.17, 15) is 14.0 Å². The lowest BCUT2D eigenvalue weighted by molar-refractivity contribution is -0.137. The number of nitrogens with one attached hydrogen (secondary N) is 2. The fourth-order valence-electron chi connectivity index (χ4n) is 2.51. The highest BCUT2D eigenvalue weighted by molar-refractivity contribution is 6.07. The molecule has 1 saturated carbocycles. The Morgan fingerprint density at radius 2 is 1.67 bits per heavy atom. The van der Waals surface area contributed by atoms with Crippen LogP contribution in [0.3, 0.4) is 0 Å². The molecule has 0 aliphatic heterocycles. The molecule has 0 unspecified atom stereocenters. The summed E-state index contributed by atoms with van der Waals surface area (Å²) in [6.07, 6.45) is 2.66. The van der Waals surface area contributed by atoms with Crippen LogP contribution in [0.4, 0.5) is 4.39 Å². The number of rotatable bonds is 6. The topological polar surface area (TPSA) is 71.1 Å². The van der Waals surface area contributed by atoms with E-state index in [0.717, 1.165) is 5.69 Å². The number of benzene rings is 1. The molecule has 2 amide bonds. The SMILES string of the molecule is O=C(NCc1ccccn1)C1(C(=O)NCc2ccccc2F)CC1. The van der Waals surface area contributed by atoms with Crippen LogP contribution < -0.4 is 10.6 Å². The third-order valence-electron chi connectivity index (χ3n) is 4.17. The predicted octanol–water partition coefficient (Wildman–Crippen LogP) is 1.93. The average Bonchev–Trinajstić information content (AvgIpc) is 3.41. The van der Waals surface area contributed by atoms with Gasteiger partial charge < -0.3 is 10.6 Å². The minimum atomic E-state index is -1.03. The van der Waals surface area contributed by atoms with Gasteiger partial charge in [-0.3, -0.25) is 14.6 Å². The van der Waals surface area contributed by atoms with Crippen molar-refractivity contribution < 1.29 is 14.0 Å². The third kappa shape index (κ3) is 3.42. The zero-order valence-corrected chi connectivity index (χ0v) is 13.1. The van der Waals surface area contributed by atoms with Gasteiger partial charge in [0.25, 0.3) is 0 Å². The second-order valence-corrected chi connectivity index (χ2v) is 5.86. The molecule has 1 heterocycles. The van der Waals surface area contributed by atoms with Gasteiger partial charge in [0.05, 0.1) is 12.2 Å². The predicted molar refractivity (Wildman–Crippen MR) is 86.0 cm³/mol. The first-order chi connectivity index (χ1) is 11.6. The normalized spacial score (nSPS) is 14.7. The van der Waals surface area contributed by atoms with Crippen molar-refractivity contribution in [1.82, 2.24) is 15.6 Å². The summed E-state index contributed by atoms with van der Waals surface area (Å²) in [5, 5.41) is 5.42. The second-order valence-electron chi connectivity index (χ2n) is 5.86. The number of pyridine rings is 1. The minimum absolute atomic E-state index is 0.0702. The molecule has 1 aliphatic carbocycles. The van der Waals surface area contributed by atoms with Crippen LogP contribution in [0.15, 0.2) is 48.7 Å². The number of carbonyl (C=O) groups is 2. The molecule has 6 heteroatoms. The van der Waals surface area contributed by atoms with E-state index >= 15 is 0 Å². The van der Waals surface area contributed by atoms with Gasteiger partial charge in [0.15, 0.2) is 0 Å². The molecule has 1 aliphatic rings. The molecule has 5 nitrogen and oxygen atoms in total. The van der Waals surface area contributed by atoms with Crippen molar-refractivity contribution in [2.75, 3.05) is 0 Å². The Bertz CT molecular complexity index is 745. The van der Waals surface area contributed by atoms with Crippen molar-refractivity contribution in [3.63, 3.8) is 0 Å². The highest BCUT2D eigenvalue weighted by Crippen LogP contribution is 2.46. The van der Waals surface area contributed by atoms with Crippen molar-refractivity contribution in [2.45, 2.75) is 25.9 Å². The summed E-state index contributed by atoms with van der Waals surface area (Å²) < 4.78 is 13.6. The van der Waals surface area contributed by atoms with Crippen LogP contribution in [0.1, 0.15) is 24.1 Å². The lowest BCUT2D eigenvalue weighted by atomic mass is 10.0. The average molecular weight is 327 g/mol. The fourth-order valence-corrected chi connectivity index (χ4v) is 2.51. The Morgan fingerprint density at radius 1 is 1.00 bits per heavy atom. The molecule has 0 atom stereocenters. The van der Waals surface area contributed by atoms with Crippen LogP contribution in [-0.4, -0.2) is 16.8 Å². The van der Waals surface area contributed by atoms with Crippen molar-refractivity contribution in [2.24, 2.45) is 5.41 Å². The minimum Gasteiger partial charge on any atom is -0.351 e. The van der Waals surface area contributed by atoms with E-state index in [4.69, 9.17) is 0 Å². The summed E-state index contributed by atoms with van der Waals surface area (Å²) in [5.74, 6) is -1.04. The van der Waals surface area contributed by atoms with Gasteiger partial charge >= 0.3 is 0 Å². The highest BCUT2D eigenvalue weighted by Gasteiger charge is 2.56. The Labute approximate surface area is 139 Å². The van der Waals surface area contributed by atoms with Gasteiger partial charge in [-0.15, -0.1) is 0 Å². The van der Waals surface area contributed by atoms with Crippen molar-refractivity contribution in [3.8, 4) is 0 Å². The molecule has 2 N–H and O–H groups in total. The van der Waals surface area contributed by atoms with Crippen molar-refractivity contribution >= 4 is 11.8 Å². The number of aromatic nitrogens is 1. The number of nitrogens with zero attached hydrogens (tertiary/aromatic N) is 1. The highest BCUT2D eigenvalue weighted by atomic mass is 19.1. The van der Waals surface area contributed by atoms with Gasteiger partial charge in [-0.05, 0) is 31.0 Å². The van der Waals surface area contributed by atoms with Crippen LogP contribution in [0, 0.1) is 11.2 Å². The van der Waals surface area contributed by atoms with Crippen LogP contribution in [0.25, 0.3) is 0 Å². The molecule has 2 aromatic rings. The summed E-state index contributed by atoms with van der Waals surface area (Å²) in [6.45, 7) is 0.350. The standard InChI is InChI=1S/C18H18FN3O2/c19-15-7-2-1-5-13(15)11-21-16(23)18(8-9-18)17(24)22-12-14-6-3-4-10-20-14/h1-7,10H,8-9,11-12H2,(H,21,23)(H,22,24). The smallest absolute Gasteiger partial charge is 0.236 e. The lowest BCUT2D eigenvalue weighted by Crippen LogP contribution is -2.42. The summed E-state index contributed by atoms with van der Waals surface area (Å²) in [4.78, 5) is 28.8. The largest absolute Gasteiger partial charge is 0.351 e. The van der Waals surface area contributed by atoms with E-state index in [1.54, 1.807) is 36.5 Å². The lowest BCUT2D eigenvalue weighted by Gasteiger charge is -2.15. The van der Waals surface area contributed by atoms with Gasteiger partial charge in [0.2, 0.25) is 11.8 Å². The molecule has 124 valence electrons. The molecular formula is C18H18FN3O2. The summed E-state index contributed by atoms with van der Waals surface area (Å²) in [7, 11) is 0. The molecule has 24 heavy (non-hydrogen) atoms. The number of amides is 2. The molecule has 1 aromatic carbocycles. The van der Waals surface area contributed by atoms with E-state index in [0.29, 0.717) is 18.4 Å². The Morgan fingerprint density at radius 3 is 2.29 bits per heavy atom. The van der Waals surface area contributed by atoms with Crippen LogP contribution in [0.5, 0.6) is 0 Å². The van der Waals surface area contributed by atoms with E-state index in [-0.39, 0.29) is 30.7 Å².